The van der Waals surface area contributed by atoms with E-state index in [0.29, 0.717) is 19.2 Å². The first-order chi connectivity index (χ1) is 17.2. The van der Waals surface area contributed by atoms with E-state index >= 15 is 0 Å². The summed E-state index contributed by atoms with van der Waals surface area (Å²) in [4.78, 5) is 24.3. The third kappa shape index (κ3) is 6.88. The van der Waals surface area contributed by atoms with Crippen LogP contribution in [0.4, 0.5) is 0 Å². The lowest BCUT2D eigenvalue weighted by Gasteiger charge is -2.42. The van der Waals surface area contributed by atoms with E-state index in [1.54, 1.807) is 20.8 Å². The van der Waals surface area contributed by atoms with Gasteiger partial charge in [0.2, 0.25) is 0 Å². The summed E-state index contributed by atoms with van der Waals surface area (Å²) in [5.74, 6) is -2.28. The second-order valence-corrected chi connectivity index (χ2v) is 14.6. The normalized spacial score (nSPS) is 28.7. The Balaban J connectivity index is 1.61. The average molecular weight is 562 g/mol. The molecule has 0 bridgehead atoms. The number of hydrogen-bond acceptors (Lipinski definition) is 9. The van der Waals surface area contributed by atoms with Crippen LogP contribution in [0.25, 0.3) is 0 Å². The zero-order valence-corrected chi connectivity index (χ0v) is 24.5. The molecular formula is C24H44BN3O9S. The Kier molecular flexibility index (Phi) is 8.72. The van der Waals surface area contributed by atoms with Gasteiger partial charge in [0, 0.05) is 25.4 Å². The first-order valence-corrected chi connectivity index (χ1v) is 14.6. The minimum absolute atomic E-state index is 0.0145. The fourth-order valence-electron chi connectivity index (χ4n) is 4.96. The molecule has 0 aliphatic carbocycles. The van der Waals surface area contributed by atoms with E-state index in [1.807, 2.05) is 27.7 Å². The van der Waals surface area contributed by atoms with Crippen molar-refractivity contribution in [2.24, 2.45) is 11.7 Å². The molecule has 3 aliphatic heterocycles. The molecule has 0 aromatic rings. The Bertz CT molecular complexity index is 994. The highest BCUT2D eigenvalue weighted by atomic mass is 32.2. The van der Waals surface area contributed by atoms with Gasteiger partial charge in [-0.25, -0.2) is 0 Å². The summed E-state index contributed by atoms with van der Waals surface area (Å²) in [7, 11) is -4.54. The minimum Gasteiger partial charge on any atom is -0.480 e. The molecular weight excluding hydrogens is 517 g/mol. The third-order valence-corrected chi connectivity index (χ3v) is 9.60. The number of esters is 1. The van der Waals surface area contributed by atoms with Gasteiger partial charge in [0.05, 0.1) is 30.0 Å². The smallest absolute Gasteiger partial charge is 0.457 e. The van der Waals surface area contributed by atoms with E-state index in [1.165, 1.54) is 0 Å². The Labute approximate surface area is 226 Å². The van der Waals surface area contributed by atoms with E-state index in [4.69, 9.17) is 24.5 Å². The molecule has 2 atom stereocenters. The van der Waals surface area contributed by atoms with Gasteiger partial charge in [-0.3, -0.25) is 9.59 Å². The highest BCUT2D eigenvalue weighted by Gasteiger charge is 2.55. The summed E-state index contributed by atoms with van der Waals surface area (Å²) < 4.78 is 53.1. The van der Waals surface area contributed by atoms with E-state index in [-0.39, 0.29) is 39.1 Å². The van der Waals surface area contributed by atoms with Gasteiger partial charge in [-0.1, -0.05) is 6.42 Å². The largest absolute Gasteiger partial charge is 0.480 e. The molecule has 38 heavy (non-hydrogen) atoms. The molecule has 12 nitrogen and oxygen atoms in total. The lowest BCUT2D eigenvalue weighted by molar-refractivity contribution is -0.156. The summed E-state index contributed by atoms with van der Waals surface area (Å²) in [6, 6.07) is 0. The zero-order chi connectivity index (χ0) is 28.8. The molecule has 4 N–H and O–H groups in total. The van der Waals surface area contributed by atoms with Gasteiger partial charge in [-0.15, -0.1) is 0 Å². The molecule has 14 heteroatoms. The number of hydrogen-bond donors (Lipinski definition) is 3. The number of carbonyl (C=O) groups excluding carboxylic acids is 1. The van der Waals surface area contributed by atoms with Gasteiger partial charge in [0.25, 0.3) is 10.2 Å². The van der Waals surface area contributed by atoms with Crippen LogP contribution in [0.2, 0.25) is 6.32 Å². The van der Waals surface area contributed by atoms with Crippen LogP contribution in [0.5, 0.6) is 0 Å². The number of nitrogens with one attached hydrogen (secondary N) is 1. The van der Waals surface area contributed by atoms with Crippen molar-refractivity contribution in [2.75, 3.05) is 26.3 Å². The molecule has 218 valence electrons. The van der Waals surface area contributed by atoms with Crippen molar-refractivity contribution in [2.45, 2.75) is 108 Å². The summed E-state index contributed by atoms with van der Waals surface area (Å²) in [5, 5.41) is 9.91. The number of carboxylic acids is 1. The maximum atomic E-state index is 13.4. The fourth-order valence-corrected chi connectivity index (χ4v) is 6.61. The van der Waals surface area contributed by atoms with Crippen molar-refractivity contribution in [1.82, 2.24) is 9.03 Å². The number of carbonyl (C=O) groups is 2. The molecule has 0 aromatic heterocycles. The number of nitrogens with two attached hydrogens (primary N) is 1. The molecule has 3 saturated heterocycles. The van der Waals surface area contributed by atoms with Crippen molar-refractivity contribution in [3.8, 4) is 0 Å². The molecule has 3 rings (SSSR count). The van der Waals surface area contributed by atoms with Crippen molar-refractivity contribution >= 4 is 29.3 Å². The van der Waals surface area contributed by atoms with Crippen LogP contribution in [0.1, 0.15) is 74.1 Å². The average Bonchev–Trinajstić information content (AvgIpc) is 3.16. The van der Waals surface area contributed by atoms with Crippen molar-refractivity contribution in [3.05, 3.63) is 0 Å². The predicted molar refractivity (Wildman–Crippen MR) is 140 cm³/mol. The number of nitrogens with zero attached hydrogens (tertiary/aromatic N) is 1. The molecule has 0 aromatic carbocycles. The highest BCUT2D eigenvalue weighted by Crippen LogP contribution is 2.39. The lowest BCUT2D eigenvalue weighted by Crippen LogP contribution is -2.64. The first kappa shape index (κ1) is 31.2. The molecule has 3 fully saturated rings. The predicted octanol–water partition coefficient (Wildman–Crippen LogP) is 1.30. The Hall–Kier alpha value is -1.29. The van der Waals surface area contributed by atoms with Crippen LogP contribution in [0.3, 0.4) is 0 Å². The lowest BCUT2D eigenvalue weighted by atomic mass is 9.78. The van der Waals surface area contributed by atoms with Gasteiger partial charge >= 0.3 is 19.1 Å². The molecule has 0 spiro atoms. The number of aliphatic carboxylic acids is 1. The quantitative estimate of drug-likeness (QED) is 0.247. The number of carboxylic acid groups (broad SMARTS) is 1. The maximum Gasteiger partial charge on any atom is 0.457 e. The third-order valence-electron chi connectivity index (χ3n) is 7.95. The standard InChI is InChI=1S/C24H44BN3O9S/c1-20(2,3)35-18(29)10-11-23(15-34-16-23)27-38(32,33)28-13-17(24(26,14-28)19(30)31)9-8-12-25-36-21(4,5)22(6,7)37-25/h17,27H,8-16,26H2,1-7H3,(H,30,31)/t17-,24-/m0/s1. The molecule has 3 heterocycles. The Morgan fingerprint density at radius 1 is 1.16 bits per heavy atom. The van der Waals surface area contributed by atoms with Gasteiger partial charge in [0.1, 0.15) is 11.1 Å². The molecule has 3 aliphatic rings. The first-order valence-electron chi connectivity index (χ1n) is 13.2. The van der Waals surface area contributed by atoms with Crippen molar-refractivity contribution in [1.29, 1.82) is 0 Å². The summed E-state index contributed by atoms with van der Waals surface area (Å²) in [6.45, 7) is 12.9. The van der Waals surface area contributed by atoms with E-state index in [9.17, 15) is 23.1 Å². The van der Waals surface area contributed by atoms with Gasteiger partial charge < -0.3 is 29.6 Å². The van der Waals surface area contributed by atoms with E-state index < -0.39 is 63.1 Å². The van der Waals surface area contributed by atoms with E-state index in [0.717, 1.165) is 4.31 Å². The summed E-state index contributed by atoms with van der Waals surface area (Å²) in [5.41, 5.74) is 2.02. The van der Waals surface area contributed by atoms with Crippen LogP contribution < -0.4 is 10.5 Å². The van der Waals surface area contributed by atoms with Crippen LogP contribution in [-0.4, -0.2) is 91.1 Å². The summed E-state index contributed by atoms with van der Waals surface area (Å²) in [6.07, 6.45) is 1.70. The van der Waals surface area contributed by atoms with Crippen molar-refractivity contribution < 1.29 is 41.9 Å². The fraction of sp³-hybridized carbons (Fsp3) is 0.917. The minimum atomic E-state index is -4.11. The monoisotopic (exact) mass is 561 g/mol. The second kappa shape index (κ2) is 10.6. The highest BCUT2D eigenvalue weighted by molar-refractivity contribution is 7.87. The van der Waals surface area contributed by atoms with Crippen LogP contribution in [-0.2, 0) is 38.6 Å². The van der Waals surface area contributed by atoms with Crippen molar-refractivity contribution in [3.63, 3.8) is 0 Å². The van der Waals surface area contributed by atoms with Crippen LogP contribution >= 0.6 is 0 Å². The topological polar surface area (TPSA) is 167 Å². The van der Waals surface area contributed by atoms with Crippen LogP contribution in [0.15, 0.2) is 0 Å². The molecule has 0 saturated carbocycles. The number of rotatable bonds is 11. The molecule has 0 amide bonds. The number of ether oxygens (including phenoxy) is 2. The van der Waals surface area contributed by atoms with Gasteiger partial charge in [-0.05, 0) is 67.6 Å². The molecule has 0 radical (unpaired) electrons. The second-order valence-electron chi connectivity index (χ2n) is 12.9. The van der Waals surface area contributed by atoms with Crippen LogP contribution in [0, 0.1) is 5.92 Å². The summed E-state index contributed by atoms with van der Waals surface area (Å²) >= 11 is 0. The zero-order valence-electron chi connectivity index (χ0n) is 23.7. The Morgan fingerprint density at radius 3 is 2.21 bits per heavy atom. The molecule has 0 unspecified atom stereocenters. The Morgan fingerprint density at radius 2 is 1.74 bits per heavy atom. The van der Waals surface area contributed by atoms with Gasteiger partial charge in [-0.2, -0.15) is 17.4 Å². The SMILES string of the molecule is CC(C)(C)OC(=O)CCC1(NS(=O)(=O)N2C[C@H](CCCB3OC(C)(C)C(C)(C)O3)[C@](N)(C(=O)O)C2)COC1. The van der Waals surface area contributed by atoms with Gasteiger partial charge in [0.15, 0.2) is 0 Å². The van der Waals surface area contributed by atoms with E-state index in [2.05, 4.69) is 4.72 Å². The maximum absolute atomic E-state index is 13.4.